The van der Waals surface area contributed by atoms with Crippen LogP contribution in [0.4, 0.5) is 5.82 Å². The molecular formula is C11H15N3O4. The van der Waals surface area contributed by atoms with Gasteiger partial charge in [-0.25, -0.2) is 4.79 Å². The van der Waals surface area contributed by atoms with E-state index in [0.29, 0.717) is 12.4 Å². The first-order valence-corrected chi connectivity index (χ1v) is 5.47. The molecule has 0 spiro atoms. The van der Waals surface area contributed by atoms with Crippen molar-refractivity contribution in [1.29, 1.82) is 0 Å². The van der Waals surface area contributed by atoms with Crippen molar-refractivity contribution in [3.8, 4) is 0 Å². The summed E-state index contributed by atoms with van der Waals surface area (Å²) in [6.45, 7) is 2.34. The number of carbonyl (C=O) groups is 2. The Bertz CT molecular complexity index is 419. The van der Waals surface area contributed by atoms with E-state index in [1.165, 1.54) is 13.2 Å². The van der Waals surface area contributed by atoms with Crippen LogP contribution in [0.5, 0.6) is 0 Å². The molecule has 1 aromatic rings. The Hall–Kier alpha value is -2.18. The molecule has 0 aliphatic rings. The van der Waals surface area contributed by atoms with Crippen LogP contribution in [0.1, 0.15) is 23.8 Å². The van der Waals surface area contributed by atoms with Gasteiger partial charge in [0.25, 0.3) is 0 Å². The van der Waals surface area contributed by atoms with Crippen molar-refractivity contribution in [3.63, 3.8) is 0 Å². The fourth-order valence-corrected chi connectivity index (χ4v) is 1.42. The maximum absolute atomic E-state index is 11.2. The van der Waals surface area contributed by atoms with E-state index in [9.17, 15) is 9.59 Å². The highest BCUT2D eigenvalue weighted by Crippen LogP contribution is 2.10. The molecule has 0 saturated heterocycles. The van der Waals surface area contributed by atoms with Crippen molar-refractivity contribution in [2.75, 3.05) is 25.1 Å². The van der Waals surface area contributed by atoms with Crippen molar-refractivity contribution in [2.24, 2.45) is 0 Å². The van der Waals surface area contributed by atoms with Gasteiger partial charge in [0.2, 0.25) is 0 Å². The zero-order valence-electron chi connectivity index (χ0n) is 10.3. The molecular weight excluding hydrogens is 238 g/mol. The summed E-state index contributed by atoms with van der Waals surface area (Å²) in [6, 6.07) is 3.01. The number of methoxy groups -OCH3 is 1. The summed E-state index contributed by atoms with van der Waals surface area (Å²) in [5, 5.41) is 16.3. The summed E-state index contributed by atoms with van der Waals surface area (Å²) in [6.07, 6.45) is 0.785. The summed E-state index contributed by atoms with van der Waals surface area (Å²) in [7, 11) is 1.26. The minimum Gasteiger partial charge on any atom is -0.480 e. The summed E-state index contributed by atoms with van der Waals surface area (Å²) in [5.41, 5.74) is 0.0908. The van der Waals surface area contributed by atoms with E-state index in [1.54, 1.807) is 11.0 Å². The number of aromatic nitrogens is 2. The van der Waals surface area contributed by atoms with Crippen molar-refractivity contribution in [3.05, 3.63) is 17.8 Å². The van der Waals surface area contributed by atoms with Gasteiger partial charge in [0.15, 0.2) is 11.5 Å². The molecule has 7 heteroatoms. The standard InChI is InChI=1S/C11H15N3O4/c1-3-6-14(7-10(15)16)9-5-4-8(12-13-9)11(17)18-2/h4-5H,3,6-7H2,1-2H3,(H,15,16). The van der Waals surface area contributed by atoms with Crippen LogP contribution in [0.25, 0.3) is 0 Å². The monoisotopic (exact) mass is 253 g/mol. The smallest absolute Gasteiger partial charge is 0.358 e. The van der Waals surface area contributed by atoms with Gasteiger partial charge in [-0.1, -0.05) is 6.92 Å². The van der Waals surface area contributed by atoms with E-state index < -0.39 is 11.9 Å². The van der Waals surface area contributed by atoms with Gasteiger partial charge in [-0.05, 0) is 18.6 Å². The zero-order chi connectivity index (χ0) is 13.5. The Balaban J connectivity index is 2.86. The number of esters is 1. The van der Waals surface area contributed by atoms with Crippen LogP contribution in [-0.4, -0.2) is 47.4 Å². The van der Waals surface area contributed by atoms with E-state index >= 15 is 0 Å². The SMILES string of the molecule is CCCN(CC(=O)O)c1ccc(C(=O)OC)nn1. The molecule has 0 aliphatic carbocycles. The Morgan fingerprint density at radius 1 is 1.39 bits per heavy atom. The normalized spacial score (nSPS) is 9.89. The molecule has 1 heterocycles. The van der Waals surface area contributed by atoms with Crippen molar-refractivity contribution < 1.29 is 19.4 Å². The molecule has 98 valence electrons. The minimum absolute atomic E-state index is 0.0908. The van der Waals surface area contributed by atoms with Gasteiger partial charge in [-0.15, -0.1) is 10.2 Å². The predicted octanol–water partition coefficient (Wildman–Crippen LogP) is 0.564. The zero-order valence-corrected chi connectivity index (χ0v) is 10.3. The molecule has 0 bridgehead atoms. The molecule has 0 aromatic carbocycles. The molecule has 0 aliphatic heterocycles. The van der Waals surface area contributed by atoms with Crippen molar-refractivity contribution in [1.82, 2.24) is 10.2 Å². The Morgan fingerprint density at radius 3 is 2.56 bits per heavy atom. The lowest BCUT2D eigenvalue weighted by Crippen LogP contribution is -2.31. The summed E-state index contributed by atoms with van der Waals surface area (Å²) in [4.78, 5) is 23.5. The highest BCUT2D eigenvalue weighted by Gasteiger charge is 2.13. The number of hydrogen-bond donors (Lipinski definition) is 1. The van der Waals surface area contributed by atoms with Crippen LogP contribution in [0, 0.1) is 0 Å². The summed E-state index contributed by atoms with van der Waals surface area (Å²) in [5.74, 6) is -1.09. The second kappa shape index (κ2) is 6.53. The van der Waals surface area contributed by atoms with Crippen LogP contribution >= 0.6 is 0 Å². The topological polar surface area (TPSA) is 92.6 Å². The number of aliphatic carboxylic acids is 1. The molecule has 0 fully saturated rings. The van der Waals surface area contributed by atoms with Crippen LogP contribution in [-0.2, 0) is 9.53 Å². The fraction of sp³-hybridized carbons (Fsp3) is 0.455. The van der Waals surface area contributed by atoms with Gasteiger partial charge >= 0.3 is 11.9 Å². The van der Waals surface area contributed by atoms with Gasteiger partial charge in [0, 0.05) is 6.54 Å². The first-order valence-electron chi connectivity index (χ1n) is 5.47. The highest BCUT2D eigenvalue weighted by molar-refractivity contribution is 5.87. The number of carbonyl (C=O) groups excluding carboxylic acids is 1. The number of anilines is 1. The lowest BCUT2D eigenvalue weighted by Gasteiger charge is -2.20. The van der Waals surface area contributed by atoms with Crippen LogP contribution in [0.2, 0.25) is 0 Å². The maximum atomic E-state index is 11.2. The van der Waals surface area contributed by atoms with E-state index in [1.807, 2.05) is 6.92 Å². The Kier molecular flexibility index (Phi) is 5.04. The molecule has 0 unspecified atom stereocenters. The van der Waals surface area contributed by atoms with Gasteiger partial charge < -0.3 is 14.7 Å². The number of hydrogen-bond acceptors (Lipinski definition) is 6. The molecule has 0 saturated carbocycles. The molecule has 0 radical (unpaired) electrons. The molecule has 18 heavy (non-hydrogen) atoms. The molecule has 1 aromatic heterocycles. The highest BCUT2D eigenvalue weighted by atomic mass is 16.5. The number of carboxylic acid groups (broad SMARTS) is 1. The van der Waals surface area contributed by atoms with Gasteiger partial charge in [0.1, 0.15) is 6.54 Å². The third-order valence-corrected chi connectivity index (χ3v) is 2.19. The molecule has 1 rings (SSSR count). The number of ether oxygens (including phenoxy) is 1. The lowest BCUT2D eigenvalue weighted by molar-refractivity contribution is -0.135. The quantitative estimate of drug-likeness (QED) is 0.740. The minimum atomic E-state index is -0.942. The first-order chi connectivity index (χ1) is 8.58. The van der Waals surface area contributed by atoms with E-state index in [0.717, 1.165) is 6.42 Å². The molecule has 7 nitrogen and oxygen atoms in total. The third kappa shape index (κ3) is 3.69. The largest absolute Gasteiger partial charge is 0.480 e. The lowest BCUT2D eigenvalue weighted by atomic mass is 10.3. The summed E-state index contributed by atoms with van der Waals surface area (Å²) >= 11 is 0. The predicted molar refractivity (Wildman–Crippen MR) is 63.5 cm³/mol. The second-order valence-corrected chi connectivity index (χ2v) is 3.58. The van der Waals surface area contributed by atoms with E-state index in [-0.39, 0.29) is 12.2 Å². The van der Waals surface area contributed by atoms with E-state index in [2.05, 4.69) is 14.9 Å². The van der Waals surface area contributed by atoms with Crippen LogP contribution < -0.4 is 4.90 Å². The average Bonchev–Trinajstić information content (AvgIpc) is 2.37. The van der Waals surface area contributed by atoms with Gasteiger partial charge in [-0.2, -0.15) is 0 Å². The third-order valence-electron chi connectivity index (χ3n) is 2.19. The van der Waals surface area contributed by atoms with Crippen molar-refractivity contribution >= 4 is 17.8 Å². The Morgan fingerprint density at radius 2 is 2.11 bits per heavy atom. The second-order valence-electron chi connectivity index (χ2n) is 3.58. The van der Waals surface area contributed by atoms with Crippen LogP contribution in [0.3, 0.4) is 0 Å². The van der Waals surface area contributed by atoms with Crippen LogP contribution in [0.15, 0.2) is 12.1 Å². The molecule has 0 atom stereocenters. The van der Waals surface area contributed by atoms with Gasteiger partial charge in [0.05, 0.1) is 7.11 Å². The van der Waals surface area contributed by atoms with Crippen molar-refractivity contribution in [2.45, 2.75) is 13.3 Å². The Labute approximate surface area is 104 Å². The molecule has 1 N–H and O–H groups in total. The maximum Gasteiger partial charge on any atom is 0.358 e. The van der Waals surface area contributed by atoms with E-state index in [4.69, 9.17) is 5.11 Å². The number of nitrogens with zero attached hydrogens (tertiary/aromatic N) is 3. The fourth-order valence-electron chi connectivity index (χ4n) is 1.42. The first kappa shape index (κ1) is 13.9. The number of carboxylic acids is 1. The molecule has 0 amide bonds. The van der Waals surface area contributed by atoms with Gasteiger partial charge in [-0.3, -0.25) is 4.79 Å². The number of rotatable bonds is 6. The average molecular weight is 253 g/mol. The summed E-state index contributed by atoms with van der Waals surface area (Å²) < 4.78 is 4.50.